The summed E-state index contributed by atoms with van der Waals surface area (Å²) in [6.45, 7) is 0.592. The van der Waals surface area contributed by atoms with Crippen LogP contribution < -0.4 is 5.32 Å². The lowest BCUT2D eigenvalue weighted by Crippen LogP contribution is -2.53. The zero-order chi connectivity index (χ0) is 22.9. The third kappa shape index (κ3) is 3.95. The van der Waals surface area contributed by atoms with Crippen molar-refractivity contribution in [2.75, 3.05) is 13.1 Å². The number of carbonyl (C=O) groups is 2. The van der Waals surface area contributed by atoms with E-state index in [-0.39, 0.29) is 24.2 Å². The van der Waals surface area contributed by atoms with Gasteiger partial charge in [-0.05, 0) is 36.2 Å². The van der Waals surface area contributed by atoms with Gasteiger partial charge in [0.25, 0.3) is 11.8 Å². The smallest absolute Gasteiger partial charge is 0.287 e. The molecule has 0 aliphatic carbocycles. The second-order valence-corrected chi connectivity index (χ2v) is 7.95. The minimum absolute atomic E-state index is 0.131. The number of carbonyl (C=O) groups excluding carboxylic acids is 2. The number of aromatic amines is 1. The Labute approximate surface area is 187 Å². The molecule has 2 atom stereocenters. The molecule has 4 heterocycles. The Morgan fingerprint density at radius 1 is 1.18 bits per heavy atom. The maximum absolute atomic E-state index is 13.9. The first-order valence-corrected chi connectivity index (χ1v) is 10.5. The molecular weight excluding hydrogens is 430 g/mol. The molecule has 0 unspecified atom stereocenters. The number of aromatic nitrogens is 4. The first-order valence-electron chi connectivity index (χ1n) is 10.5. The zero-order valence-electron chi connectivity index (χ0n) is 17.4. The van der Waals surface area contributed by atoms with Crippen molar-refractivity contribution in [3.63, 3.8) is 0 Å². The lowest BCUT2D eigenvalue weighted by molar-refractivity contribution is 0.0655. The van der Waals surface area contributed by atoms with Gasteiger partial charge in [-0.15, -0.1) is 0 Å². The number of piperidine rings is 1. The molecule has 168 valence electrons. The van der Waals surface area contributed by atoms with Gasteiger partial charge in [-0.3, -0.25) is 9.59 Å². The molecular formula is C23H20F2N6O2. The molecule has 2 amide bonds. The van der Waals surface area contributed by atoms with Gasteiger partial charge >= 0.3 is 0 Å². The van der Waals surface area contributed by atoms with E-state index in [2.05, 4.69) is 20.3 Å². The van der Waals surface area contributed by atoms with Crippen LogP contribution in [0.3, 0.4) is 0 Å². The predicted molar refractivity (Wildman–Crippen MR) is 115 cm³/mol. The quantitative estimate of drug-likeness (QED) is 0.500. The number of hydrogen-bond donors (Lipinski definition) is 2. The molecule has 0 radical (unpaired) electrons. The van der Waals surface area contributed by atoms with Gasteiger partial charge in [-0.2, -0.15) is 0 Å². The van der Waals surface area contributed by atoms with Crippen LogP contribution in [0.15, 0.2) is 61.4 Å². The number of amides is 2. The van der Waals surface area contributed by atoms with Crippen molar-refractivity contribution in [3.05, 3.63) is 90.0 Å². The molecule has 4 aromatic rings. The highest BCUT2D eigenvalue weighted by atomic mass is 19.2. The average Bonchev–Trinajstić information content (AvgIpc) is 3.52. The number of H-pyrrole nitrogens is 1. The van der Waals surface area contributed by atoms with Gasteiger partial charge in [0.05, 0.1) is 29.6 Å². The number of fused-ring (bicyclic) bond motifs is 1. The molecule has 8 nitrogen and oxygen atoms in total. The summed E-state index contributed by atoms with van der Waals surface area (Å²) in [5.41, 5.74) is 1.74. The number of likely N-dealkylation sites (tertiary alicyclic amines) is 1. The van der Waals surface area contributed by atoms with Crippen molar-refractivity contribution in [3.8, 4) is 0 Å². The number of nitrogens with one attached hydrogen (secondary N) is 2. The van der Waals surface area contributed by atoms with Crippen LogP contribution in [0.5, 0.6) is 0 Å². The fraction of sp³-hybridized carbons (Fsp3) is 0.217. The van der Waals surface area contributed by atoms with Gasteiger partial charge in [0, 0.05) is 37.6 Å². The second-order valence-electron chi connectivity index (χ2n) is 7.95. The Hall–Kier alpha value is -4.08. The van der Waals surface area contributed by atoms with Crippen LogP contribution >= 0.6 is 0 Å². The molecule has 1 aliphatic rings. The van der Waals surface area contributed by atoms with E-state index in [1.807, 2.05) is 0 Å². The molecule has 3 aromatic heterocycles. The largest absolute Gasteiger partial charge is 0.344 e. The third-order valence-electron chi connectivity index (χ3n) is 5.98. The van der Waals surface area contributed by atoms with Gasteiger partial charge < -0.3 is 19.6 Å². The molecule has 0 saturated carbocycles. The first-order chi connectivity index (χ1) is 16.0. The lowest BCUT2D eigenvalue weighted by atomic mass is 9.84. The van der Waals surface area contributed by atoms with Gasteiger partial charge in [0.2, 0.25) is 0 Å². The van der Waals surface area contributed by atoms with E-state index in [1.54, 1.807) is 40.2 Å². The number of benzene rings is 1. The van der Waals surface area contributed by atoms with E-state index in [4.69, 9.17) is 0 Å². The number of pyridine rings is 1. The number of nitrogens with zero attached hydrogens (tertiary/aromatic N) is 4. The Bertz CT molecular complexity index is 1320. The minimum Gasteiger partial charge on any atom is -0.344 e. The van der Waals surface area contributed by atoms with Crippen molar-refractivity contribution < 1.29 is 18.4 Å². The molecule has 33 heavy (non-hydrogen) atoms. The van der Waals surface area contributed by atoms with Crippen LogP contribution in [-0.2, 0) is 0 Å². The molecule has 1 aliphatic heterocycles. The van der Waals surface area contributed by atoms with E-state index in [1.165, 1.54) is 18.5 Å². The standard InChI is InChI=1S/C23H20F2N6O2/c24-17-4-3-14(10-18(17)25)15-5-9-30(12-19(15)29-22(32)21-27-6-7-28-21)23(33)16-2-1-8-31-13-26-11-20(16)31/h1-4,6-8,10-11,13,15,19H,5,9,12H2,(H,27,28)(H,29,32)/t15-,19+/m0/s1. The Balaban J connectivity index is 1.44. The van der Waals surface area contributed by atoms with Crippen molar-refractivity contribution >= 4 is 17.3 Å². The molecule has 5 rings (SSSR count). The third-order valence-corrected chi connectivity index (χ3v) is 5.98. The fourth-order valence-electron chi connectivity index (χ4n) is 4.35. The normalized spacial score (nSPS) is 18.4. The van der Waals surface area contributed by atoms with E-state index < -0.39 is 23.6 Å². The van der Waals surface area contributed by atoms with Crippen molar-refractivity contribution in [2.45, 2.75) is 18.4 Å². The summed E-state index contributed by atoms with van der Waals surface area (Å²) < 4.78 is 29.2. The summed E-state index contributed by atoms with van der Waals surface area (Å²) in [5, 5.41) is 2.91. The summed E-state index contributed by atoms with van der Waals surface area (Å²) in [4.78, 5) is 38.5. The Morgan fingerprint density at radius 2 is 2.06 bits per heavy atom. The molecule has 1 fully saturated rings. The number of rotatable bonds is 4. The van der Waals surface area contributed by atoms with Gasteiger partial charge in [0.1, 0.15) is 0 Å². The highest BCUT2D eigenvalue weighted by Gasteiger charge is 2.35. The molecule has 2 N–H and O–H groups in total. The molecule has 0 bridgehead atoms. The predicted octanol–water partition coefficient (Wildman–Crippen LogP) is 2.76. The monoisotopic (exact) mass is 450 g/mol. The number of hydrogen-bond acceptors (Lipinski definition) is 4. The van der Waals surface area contributed by atoms with Crippen LogP contribution in [0, 0.1) is 11.6 Å². The van der Waals surface area contributed by atoms with Gasteiger partial charge in [-0.1, -0.05) is 6.07 Å². The van der Waals surface area contributed by atoms with E-state index in [0.29, 0.717) is 29.6 Å². The lowest BCUT2D eigenvalue weighted by Gasteiger charge is -2.39. The fourth-order valence-corrected chi connectivity index (χ4v) is 4.35. The minimum atomic E-state index is -0.950. The van der Waals surface area contributed by atoms with Crippen LogP contribution in [0.1, 0.15) is 38.9 Å². The topological polar surface area (TPSA) is 95.4 Å². The summed E-state index contributed by atoms with van der Waals surface area (Å²) in [7, 11) is 0. The van der Waals surface area contributed by atoms with Crippen LogP contribution in [0.2, 0.25) is 0 Å². The number of halogens is 2. The zero-order valence-corrected chi connectivity index (χ0v) is 17.4. The van der Waals surface area contributed by atoms with Crippen molar-refractivity contribution in [2.24, 2.45) is 0 Å². The molecule has 1 aromatic carbocycles. The van der Waals surface area contributed by atoms with Crippen LogP contribution in [0.25, 0.3) is 5.52 Å². The van der Waals surface area contributed by atoms with Gasteiger partial charge in [-0.25, -0.2) is 18.7 Å². The Kier molecular flexibility index (Phi) is 5.33. The van der Waals surface area contributed by atoms with E-state index in [9.17, 15) is 18.4 Å². The highest BCUT2D eigenvalue weighted by Crippen LogP contribution is 2.31. The van der Waals surface area contributed by atoms with Crippen LogP contribution in [0.4, 0.5) is 8.78 Å². The van der Waals surface area contributed by atoms with E-state index >= 15 is 0 Å². The Morgan fingerprint density at radius 3 is 2.85 bits per heavy atom. The molecule has 0 spiro atoms. The highest BCUT2D eigenvalue weighted by molar-refractivity contribution is 6.00. The summed E-state index contributed by atoms with van der Waals surface area (Å²) >= 11 is 0. The number of imidazole rings is 2. The molecule has 1 saturated heterocycles. The van der Waals surface area contributed by atoms with E-state index in [0.717, 1.165) is 12.1 Å². The van der Waals surface area contributed by atoms with Gasteiger partial charge in [0.15, 0.2) is 17.5 Å². The summed E-state index contributed by atoms with van der Waals surface area (Å²) in [6, 6.07) is 6.71. The van der Waals surface area contributed by atoms with Crippen molar-refractivity contribution in [1.82, 2.24) is 29.6 Å². The van der Waals surface area contributed by atoms with Crippen molar-refractivity contribution in [1.29, 1.82) is 0 Å². The average molecular weight is 450 g/mol. The van der Waals surface area contributed by atoms with Crippen LogP contribution in [-0.4, -0.2) is 55.2 Å². The summed E-state index contributed by atoms with van der Waals surface area (Å²) in [5.74, 6) is -2.70. The SMILES string of the molecule is O=C(N[C@@H]1CN(C(=O)c2cccn3cncc23)CC[C@H]1c1ccc(F)c(F)c1)c1ncc[nH]1. The maximum atomic E-state index is 13.9. The molecule has 10 heteroatoms. The maximum Gasteiger partial charge on any atom is 0.287 e. The summed E-state index contributed by atoms with van der Waals surface area (Å²) in [6.07, 6.45) is 8.50. The first kappa shape index (κ1) is 20.8. The second kappa shape index (κ2) is 8.45.